The first kappa shape index (κ1) is 21.8. The third-order valence-corrected chi connectivity index (χ3v) is 7.17. The van der Waals surface area contributed by atoms with Crippen LogP contribution in [0.15, 0.2) is 42.5 Å². The normalized spacial score (nSPS) is 27.2. The summed E-state index contributed by atoms with van der Waals surface area (Å²) in [6.07, 6.45) is 2.66. The summed E-state index contributed by atoms with van der Waals surface area (Å²) in [7, 11) is 0. The Bertz CT molecular complexity index is 1060. The Labute approximate surface area is 196 Å². The molecule has 0 radical (unpaired) electrons. The van der Waals surface area contributed by atoms with Crippen molar-refractivity contribution < 1.29 is 18.7 Å². The lowest BCUT2D eigenvalue weighted by Gasteiger charge is -2.51. The fourth-order valence-electron chi connectivity index (χ4n) is 5.00. The number of ether oxygens (including phenoxy) is 1. The molecule has 1 heterocycles. The van der Waals surface area contributed by atoms with Gasteiger partial charge in [-0.2, -0.15) is 0 Å². The maximum atomic E-state index is 13.5. The highest BCUT2D eigenvalue weighted by molar-refractivity contribution is 6.30. The molecule has 0 saturated heterocycles. The van der Waals surface area contributed by atoms with E-state index in [4.69, 9.17) is 16.3 Å². The number of rotatable bonds is 6. The summed E-state index contributed by atoms with van der Waals surface area (Å²) >= 11 is 5.67. The third-order valence-electron chi connectivity index (χ3n) is 6.86. The van der Waals surface area contributed by atoms with E-state index in [0.29, 0.717) is 24.8 Å². The molecule has 4 N–H and O–H groups in total. The minimum Gasteiger partial charge on any atom is -0.484 e. The van der Waals surface area contributed by atoms with Crippen molar-refractivity contribution in [3.63, 3.8) is 0 Å². The molecule has 3 fully saturated rings. The summed E-state index contributed by atoms with van der Waals surface area (Å²) in [5.74, 6) is 0.225. The second-order valence-corrected chi connectivity index (χ2v) is 9.41. The predicted octanol–water partition coefficient (Wildman–Crippen LogP) is 3.16. The topological polar surface area (TPSA) is 91.5 Å². The van der Waals surface area contributed by atoms with E-state index < -0.39 is 5.82 Å². The lowest BCUT2D eigenvalue weighted by molar-refractivity contribution is -0.126. The molecule has 3 aliphatic carbocycles. The SMILES string of the molecule is O=C(COc1ccc(Cl)c(F)c1)NC1CC(NC(=O)C2CNc3ccccc3N2)C2CC1C2. The van der Waals surface area contributed by atoms with Gasteiger partial charge in [-0.15, -0.1) is 0 Å². The van der Waals surface area contributed by atoms with Gasteiger partial charge in [0.25, 0.3) is 5.91 Å². The summed E-state index contributed by atoms with van der Waals surface area (Å²) in [4.78, 5) is 25.3. The zero-order valence-corrected chi connectivity index (χ0v) is 18.7. The summed E-state index contributed by atoms with van der Waals surface area (Å²) < 4.78 is 18.9. The minimum absolute atomic E-state index is 0.00468. The van der Waals surface area contributed by atoms with E-state index in [-0.39, 0.29) is 47.3 Å². The Kier molecular flexibility index (Phi) is 6.01. The predicted molar refractivity (Wildman–Crippen MR) is 124 cm³/mol. The zero-order chi connectivity index (χ0) is 22.9. The Morgan fingerprint density at radius 1 is 1.03 bits per heavy atom. The van der Waals surface area contributed by atoms with Crippen LogP contribution in [0.4, 0.5) is 15.8 Å². The smallest absolute Gasteiger partial charge is 0.258 e. The van der Waals surface area contributed by atoms with E-state index in [2.05, 4.69) is 21.3 Å². The molecular formula is C24H26ClFN4O3. The van der Waals surface area contributed by atoms with Crippen molar-refractivity contribution in [3.05, 3.63) is 53.3 Å². The van der Waals surface area contributed by atoms with Crippen molar-refractivity contribution in [2.24, 2.45) is 11.8 Å². The Balaban J connectivity index is 1.12. The fourth-order valence-corrected chi connectivity index (χ4v) is 5.11. The molecule has 33 heavy (non-hydrogen) atoms. The maximum absolute atomic E-state index is 13.5. The molecule has 3 saturated carbocycles. The van der Waals surface area contributed by atoms with Gasteiger partial charge in [0.1, 0.15) is 17.6 Å². The standard InChI is InChI=1S/C24H26ClFN4O3/c25-16-6-5-15(9-17(16)26)33-12-23(31)29-20-10-21(14-7-13(20)8-14)30-24(32)22-11-27-18-3-1-2-4-19(18)28-22/h1-6,9,13-14,20-22,27-28H,7-8,10-12H2,(H,29,31)(H,30,32). The van der Waals surface area contributed by atoms with E-state index in [1.165, 1.54) is 12.1 Å². The number of carbonyl (C=O) groups is 2. The van der Waals surface area contributed by atoms with Crippen LogP contribution in [0.5, 0.6) is 5.75 Å². The van der Waals surface area contributed by atoms with Gasteiger partial charge in [0.2, 0.25) is 5.91 Å². The van der Waals surface area contributed by atoms with Crippen molar-refractivity contribution in [1.82, 2.24) is 10.6 Å². The molecule has 3 unspecified atom stereocenters. The van der Waals surface area contributed by atoms with E-state index in [1.807, 2.05) is 24.3 Å². The van der Waals surface area contributed by atoms with Crippen LogP contribution in [0.1, 0.15) is 19.3 Å². The maximum Gasteiger partial charge on any atom is 0.258 e. The second-order valence-electron chi connectivity index (χ2n) is 9.00. The molecule has 2 aromatic carbocycles. The van der Waals surface area contributed by atoms with Crippen molar-refractivity contribution >= 4 is 34.8 Å². The molecule has 7 nitrogen and oxygen atoms in total. The molecular weight excluding hydrogens is 447 g/mol. The van der Waals surface area contributed by atoms with E-state index in [9.17, 15) is 14.0 Å². The number of fused-ring (bicyclic) bond motifs is 3. The van der Waals surface area contributed by atoms with Gasteiger partial charge in [-0.05, 0) is 55.4 Å². The van der Waals surface area contributed by atoms with Crippen LogP contribution in [-0.4, -0.2) is 43.1 Å². The van der Waals surface area contributed by atoms with Gasteiger partial charge in [-0.3, -0.25) is 9.59 Å². The number of amides is 2. The van der Waals surface area contributed by atoms with Crippen LogP contribution in [0, 0.1) is 17.7 Å². The number of benzene rings is 2. The first-order valence-electron chi connectivity index (χ1n) is 11.2. The van der Waals surface area contributed by atoms with Crippen molar-refractivity contribution in [2.75, 3.05) is 23.8 Å². The van der Waals surface area contributed by atoms with Gasteiger partial charge < -0.3 is 26.0 Å². The minimum atomic E-state index is -0.591. The van der Waals surface area contributed by atoms with E-state index in [0.717, 1.165) is 30.3 Å². The summed E-state index contributed by atoms with van der Waals surface area (Å²) in [6, 6.07) is 11.5. The highest BCUT2D eigenvalue weighted by Gasteiger charge is 2.47. The number of hydrogen-bond donors (Lipinski definition) is 4. The number of para-hydroxylation sites is 2. The summed E-state index contributed by atoms with van der Waals surface area (Å²) in [6.45, 7) is 0.313. The Hall–Kier alpha value is -3.00. The van der Waals surface area contributed by atoms with Crippen LogP contribution in [0.3, 0.4) is 0 Å². The highest BCUT2D eigenvalue weighted by Crippen LogP contribution is 2.45. The molecule has 0 aromatic heterocycles. The monoisotopic (exact) mass is 472 g/mol. The van der Waals surface area contributed by atoms with Gasteiger partial charge in [0.15, 0.2) is 6.61 Å². The van der Waals surface area contributed by atoms with Gasteiger partial charge in [0.05, 0.1) is 16.4 Å². The molecule has 4 aliphatic rings. The van der Waals surface area contributed by atoms with Gasteiger partial charge in [-0.1, -0.05) is 23.7 Å². The van der Waals surface area contributed by atoms with Crippen LogP contribution >= 0.6 is 11.6 Å². The first-order valence-corrected chi connectivity index (χ1v) is 11.6. The lowest BCUT2D eigenvalue weighted by atomic mass is 9.60. The van der Waals surface area contributed by atoms with Gasteiger partial charge in [0, 0.05) is 24.7 Å². The Morgan fingerprint density at radius 2 is 1.76 bits per heavy atom. The molecule has 1 aliphatic heterocycles. The molecule has 2 aromatic rings. The largest absolute Gasteiger partial charge is 0.484 e. The number of halogens is 2. The third kappa shape index (κ3) is 4.71. The van der Waals surface area contributed by atoms with Crippen molar-refractivity contribution in [2.45, 2.75) is 37.4 Å². The molecule has 6 rings (SSSR count). The van der Waals surface area contributed by atoms with Gasteiger partial charge in [-0.25, -0.2) is 4.39 Å². The summed E-state index contributed by atoms with van der Waals surface area (Å²) in [5, 5.41) is 12.8. The molecule has 2 bridgehead atoms. The number of nitrogens with one attached hydrogen (secondary N) is 4. The Morgan fingerprint density at radius 3 is 2.52 bits per heavy atom. The number of hydrogen-bond acceptors (Lipinski definition) is 5. The molecule has 3 atom stereocenters. The van der Waals surface area contributed by atoms with Crippen molar-refractivity contribution in [1.29, 1.82) is 0 Å². The van der Waals surface area contributed by atoms with Gasteiger partial charge >= 0.3 is 0 Å². The quantitative estimate of drug-likeness (QED) is 0.518. The van der Waals surface area contributed by atoms with Crippen molar-refractivity contribution in [3.8, 4) is 5.75 Å². The van der Waals surface area contributed by atoms with Crippen LogP contribution in [0.25, 0.3) is 0 Å². The molecule has 0 spiro atoms. The van der Waals surface area contributed by atoms with Crippen LogP contribution < -0.4 is 26.0 Å². The highest BCUT2D eigenvalue weighted by atomic mass is 35.5. The number of anilines is 2. The molecule has 9 heteroatoms. The van der Waals surface area contributed by atoms with Crippen LogP contribution in [0.2, 0.25) is 5.02 Å². The fraction of sp³-hybridized carbons (Fsp3) is 0.417. The average Bonchev–Trinajstić information content (AvgIpc) is 2.78. The van der Waals surface area contributed by atoms with Crippen LogP contribution in [-0.2, 0) is 9.59 Å². The molecule has 174 valence electrons. The first-order chi connectivity index (χ1) is 16.0. The summed E-state index contributed by atoms with van der Waals surface area (Å²) in [5.41, 5.74) is 1.91. The number of carbonyl (C=O) groups excluding carboxylic acids is 2. The second kappa shape index (κ2) is 9.09. The van der Waals surface area contributed by atoms with E-state index >= 15 is 0 Å². The zero-order valence-electron chi connectivity index (χ0n) is 17.9. The van der Waals surface area contributed by atoms with E-state index in [1.54, 1.807) is 0 Å². The lowest BCUT2D eigenvalue weighted by Crippen LogP contribution is -2.61. The average molecular weight is 473 g/mol. The molecule has 2 amide bonds.